The van der Waals surface area contributed by atoms with E-state index in [0.29, 0.717) is 11.9 Å². The lowest BCUT2D eigenvalue weighted by atomic mass is 10.0. The number of anilines is 1. The molecule has 0 unspecified atom stereocenters. The van der Waals surface area contributed by atoms with Crippen molar-refractivity contribution in [3.8, 4) is 0 Å². The lowest BCUT2D eigenvalue weighted by Crippen LogP contribution is -2.45. The summed E-state index contributed by atoms with van der Waals surface area (Å²) in [6.07, 6.45) is 7.49. The SMILES string of the molecule is O=C1CCCN1C1CCN(c2cncc(SCc3ccccc3)n2)CC1. The lowest BCUT2D eigenvalue weighted by molar-refractivity contribution is -0.130. The molecule has 2 fully saturated rings. The maximum absolute atomic E-state index is 11.9. The van der Waals surface area contributed by atoms with Crippen LogP contribution in [0.4, 0.5) is 5.82 Å². The minimum atomic E-state index is 0.336. The third kappa shape index (κ3) is 4.01. The summed E-state index contributed by atoms with van der Waals surface area (Å²) >= 11 is 1.72. The summed E-state index contributed by atoms with van der Waals surface area (Å²) in [6.45, 7) is 2.82. The van der Waals surface area contributed by atoms with Crippen molar-refractivity contribution in [1.82, 2.24) is 14.9 Å². The molecule has 2 aliphatic rings. The topological polar surface area (TPSA) is 49.3 Å². The Hall–Kier alpha value is -2.08. The van der Waals surface area contributed by atoms with Gasteiger partial charge < -0.3 is 9.80 Å². The van der Waals surface area contributed by atoms with E-state index in [1.165, 1.54) is 5.56 Å². The summed E-state index contributed by atoms with van der Waals surface area (Å²) in [4.78, 5) is 25.5. The number of hydrogen-bond donors (Lipinski definition) is 0. The summed E-state index contributed by atoms with van der Waals surface area (Å²) in [5, 5.41) is 0.961. The molecular weight excluding hydrogens is 344 g/mol. The van der Waals surface area contributed by atoms with Crippen LogP contribution in [-0.4, -0.2) is 46.5 Å². The van der Waals surface area contributed by atoms with E-state index in [-0.39, 0.29) is 0 Å². The Morgan fingerprint density at radius 2 is 1.88 bits per heavy atom. The fourth-order valence-electron chi connectivity index (χ4n) is 3.75. The molecule has 2 aromatic rings. The number of carbonyl (C=O) groups is 1. The molecule has 136 valence electrons. The van der Waals surface area contributed by atoms with Crippen molar-refractivity contribution in [3.05, 3.63) is 48.3 Å². The molecular formula is C20H24N4OS. The Balaban J connectivity index is 1.34. The molecule has 6 heteroatoms. The van der Waals surface area contributed by atoms with Gasteiger partial charge in [-0.05, 0) is 24.8 Å². The van der Waals surface area contributed by atoms with Crippen LogP contribution in [0.15, 0.2) is 47.8 Å². The fraction of sp³-hybridized carbons (Fsp3) is 0.450. The van der Waals surface area contributed by atoms with Crippen LogP contribution in [0.1, 0.15) is 31.2 Å². The quantitative estimate of drug-likeness (QED) is 0.758. The van der Waals surface area contributed by atoms with Gasteiger partial charge in [0.05, 0.1) is 12.4 Å². The zero-order valence-corrected chi connectivity index (χ0v) is 15.7. The Morgan fingerprint density at radius 3 is 2.62 bits per heavy atom. The van der Waals surface area contributed by atoms with E-state index < -0.39 is 0 Å². The summed E-state index contributed by atoms with van der Waals surface area (Å²) < 4.78 is 0. The van der Waals surface area contributed by atoms with Gasteiger partial charge in [-0.2, -0.15) is 0 Å². The number of aromatic nitrogens is 2. The highest BCUT2D eigenvalue weighted by Crippen LogP contribution is 2.26. The smallest absolute Gasteiger partial charge is 0.222 e. The van der Waals surface area contributed by atoms with Crippen LogP contribution in [0, 0.1) is 0 Å². The second-order valence-electron chi connectivity index (χ2n) is 6.90. The van der Waals surface area contributed by atoms with Crippen molar-refractivity contribution < 1.29 is 4.79 Å². The maximum Gasteiger partial charge on any atom is 0.222 e. The Morgan fingerprint density at radius 1 is 1.08 bits per heavy atom. The van der Waals surface area contributed by atoms with Gasteiger partial charge in [0.25, 0.3) is 0 Å². The van der Waals surface area contributed by atoms with E-state index in [1.807, 2.05) is 18.5 Å². The van der Waals surface area contributed by atoms with Crippen molar-refractivity contribution >= 4 is 23.5 Å². The third-order valence-electron chi connectivity index (χ3n) is 5.17. The number of thioether (sulfide) groups is 1. The zero-order valence-electron chi connectivity index (χ0n) is 14.9. The van der Waals surface area contributed by atoms with Gasteiger partial charge in [-0.15, -0.1) is 11.8 Å². The molecule has 0 atom stereocenters. The van der Waals surface area contributed by atoms with Gasteiger partial charge in [0.1, 0.15) is 10.8 Å². The zero-order chi connectivity index (χ0) is 17.8. The molecule has 3 heterocycles. The van der Waals surface area contributed by atoms with Gasteiger partial charge >= 0.3 is 0 Å². The van der Waals surface area contributed by atoms with Gasteiger partial charge in [-0.1, -0.05) is 30.3 Å². The monoisotopic (exact) mass is 368 g/mol. The fourth-order valence-corrected chi connectivity index (χ4v) is 4.55. The first-order valence-electron chi connectivity index (χ1n) is 9.33. The maximum atomic E-state index is 11.9. The molecule has 0 N–H and O–H groups in total. The first-order chi connectivity index (χ1) is 12.8. The van der Waals surface area contributed by atoms with Crippen LogP contribution in [0.5, 0.6) is 0 Å². The Labute approximate surface area is 158 Å². The Kier molecular flexibility index (Phi) is 5.39. The summed E-state index contributed by atoms with van der Waals surface area (Å²) in [5.74, 6) is 2.19. The molecule has 0 aliphatic carbocycles. The van der Waals surface area contributed by atoms with E-state index >= 15 is 0 Å². The average molecular weight is 369 g/mol. The first kappa shape index (κ1) is 17.3. The van der Waals surface area contributed by atoms with E-state index in [4.69, 9.17) is 4.98 Å². The highest BCUT2D eigenvalue weighted by Gasteiger charge is 2.31. The van der Waals surface area contributed by atoms with Gasteiger partial charge in [0.2, 0.25) is 5.91 Å². The van der Waals surface area contributed by atoms with E-state index in [0.717, 1.165) is 61.9 Å². The number of benzene rings is 1. The molecule has 0 bridgehead atoms. The molecule has 1 amide bonds. The number of likely N-dealkylation sites (tertiary alicyclic amines) is 1. The minimum absolute atomic E-state index is 0.336. The van der Waals surface area contributed by atoms with Crippen LogP contribution in [0.25, 0.3) is 0 Å². The molecule has 4 rings (SSSR count). The van der Waals surface area contributed by atoms with Crippen molar-refractivity contribution in [3.63, 3.8) is 0 Å². The van der Waals surface area contributed by atoms with Crippen molar-refractivity contribution in [2.24, 2.45) is 0 Å². The average Bonchev–Trinajstić information content (AvgIpc) is 3.13. The highest BCUT2D eigenvalue weighted by atomic mass is 32.2. The predicted octanol–water partition coefficient (Wildman–Crippen LogP) is 3.36. The molecule has 1 aromatic carbocycles. The molecule has 26 heavy (non-hydrogen) atoms. The number of rotatable bonds is 5. The molecule has 2 saturated heterocycles. The van der Waals surface area contributed by atoms with E-state index in [9.17, 15) is 4.79 Å². The molecule has 5 nitrogen and oxygen atoms in total. The second-order valence-corrected chi connectivity index (χ2v) is 7.89. The van der Waals surface area contributed by atoms with Crippen LogP contribution < -0.4 is 4.90 Å². The number of carbonyl (C=O) groups excluding carboxylic acids is 1. The van der Waals surface area contributed by atoms with Crippen LogP contribution >= 0.6 is 11.8 Å². The van der Waals surface area contributed by atoms with Crippen molar-refractivity contribution in [2.45, 2.75) is 42.5 Å². The summed E-state index contributed by atoms with van der Waals surface area (Å²) in [7, 11) is 0. The summed E-state index contributed by atoms with van der Waals surface area (Å²) in [5.41, 5.74) is 1.29. The van der Waals surface area contributed by atoms with Gasteiger partial charge in [-0.25, -0.2) is 4.98 Å². The highest BCUT2D eigenvalue weighted by molar-refractivity contribution is 7.98. The molecule has 0 radical (unpaired) electrons. The van der Waals surface area contributed by atoms with Gasteiger partial charge in [0, 0.05) is 37.8 Å². The van der Waals surface area contributed by atoms with Crippen molar-refractivity contribution in [2.75, 3.05) is 24.5 Å². The van der Waals surface area contributed by atoms with Gasteiger partial charge in [-0.3, -0.25) is 9.78 Å². The number of amides is 1. The minimum Gasteiger partial charge on any atom is -0.355 e. The lowest BCUT2D eigenvalue weighted by Gasteiger charge is -2.37. The van der Waals surface area contributed by atoms with Crippen LogP contribution in [0.2, 0.25) is 0 Å². The second kappa shape index (κ2) is 8.08. The number of hydrogen-bond acceptors (Lipinski definition) is 5. The largest absolute Gasteiger partial charge is 0.355 e. The van der Waals surface area contributed by atoms with Crippen LogP contribution in [-0.2, 0) is 10.5 Å². The normalized spacial score (nSPS) is 18.5. The van der Waals surface area contributed by atoms with E-state index in [2.05, 4.69) is 39.0 Å². The van der Waals surface area contributed by atoms with E-state index in [1.54, 1.807) is 11.8 Å². The third-order valence-corrected chi connectivity index (χ3v) is 6.14. The standard InChI is InChI=1S/C20H24N4OS/c25-20-7-4-10-24(20)17-8-11-23(12-9-17)18-13-21-14-19(22-18)26-15-16-5-2-1-3-6-16/h1-3,5-6,13-14,17H,4,7-12,15H2. The predicted molar refractivity (Wildman–Crippen MR) is 104 cm³/mol. The Bertz CT molecular complexity index is 746. The molecule has 0 spiro atoms. The summed E-state index contributed by atoms with van der Waals surface area (Å²) in [6, 6.07) is 10.8. The van der Waals surface area contributed by atoms with Gasteiger partial charge in [0.15, 0.2) is 0 Å². The molecule has 0 saturated carbocycles. The van der Waals surface area contributed by atoms with Crippen LogP contribution in [0.3, 0.4) is 0 Å². The number of nitrogens with zero attached hydrogens (tertiary/aromatic N) is 4. The molecule has 2 aliphatic heterocycles. The molecule has 1 aromatic heterocycles. The number of piperidine rings is 1. The van der Waals surface area contributed by atoms with Crippen molar-refractivity contribution in [1.29, 1.82) is 0 Å². The first-order valence-corrected chi connectivity index (χ1v) is 10.3.